The Morgan fingerprint density at radius 1 is 1.36 bits per heavy atom. The van der Waals surface area contributed by atoms with Gasteiger partial charge in [0.2, 0.25) is 11.8 Å². The molecule has 7 nitrogen and oxygen atoms in total. The number of hydrogen-bond donors (Lipinski definition) is 1. The first-order chi connectivity index (χ1) is 12.2. The fourth-order valence-corrected chi connectivity index (χ4v) is 3.07. The lowest BCUT2D eigenvalue weighted by molar-refractivity contribution is -0.115. The first kappa shape index (κ1) is 15.6. The summed E-state index contributed by atoms with van der Waals surface area (Å²) in [6, 6.07) is 7.66. The second-order valence-corrected chi connectivity index (χ2v) is 6.41. The lowest BCUT2D eigenvalue weighted by Crippen LogP contribution is -2.17. The van der Waals surface area contributed by atoms with Crippen molar-refractivity contribution >= 4 is 11.6 Å². The van der Waals surface area contributed by atoms with Gasteiger partial charge in [-0.25, -0.2) is 4.98 Å². The van der Waals surface area contributed by atoms with Crippen molar-refractivity contribution in [2.24, 2.45) is 0 Å². The Morgan fingerprint density at radius 3 is 3.04 bits per heavy atom. The van der Waals surface area contributed by atoms with E-state index in [0.29, 0.717) is 11.7 Å². The van der Waals surface area contributed by atoms with Gasteiger partial charge in [-0.05, 0) is 25.5 Å². The largest absolute Gasteiger partial charge is 0.339 e. The number of nitrogens with one attached hydrogen (secondary N) is 1. The fraction of sp³-hybridized carbons (Fsp3) is 0.333. The number of nitrogens with zero attached hydrogens (tertiary/aromatic N) is 4. The number of carbonyl (C=O) groups excluding carboxylic acids is 1. The van der Waals surface area contributed by atoms with Crippen LogP contribution in [0.4, 0.5) is 5.69 Å². The van der Waals surface area contributed by atoms with Crippen LogP contribution in [-0.4, -0.2) is 25.6 Å². The van der Waals surface area contributed by atoms with Gasteiger partial charge in [-0.15, -0.1) is 0 Å². The zero-order chi connectivity index (χ0) is 17.2. The highest BCUT2D eigenvalue weighted by Gasteiger charge is 2.25. The van der Waals surface area contributed by atoms with Crippen LogP contribution in [0.1, 0.15) is 35.3 Å². The monoisotopic (exact) mass is 337 g/mol. The molecule has 1 N–H and O–H groups in total. The number of benzene rings is 1. The molecule has 0 aliphatic carbocycles. The summed E-state index contributed by atoms with van der Waals surface area (Å²) in [5.41, 5.74) is 3.09. The number of aromatic nitrogens is 4. The van der Waals surface area contributed by atoms with Crippen LogP contribution in [0.25, 0.3) is 0 Å². The smallest absolute Gasteiger partial charge is 0.232 e. The Bertz CT molecular complexity index is 881. The maximum atomic E-state index is 12.1. The molecule has 0 saturated carbocycles. The Kier molecular flexibility index (Phi) is 4.05. The zero-order valence-electron chi connectivity index (χ0n) is 14.0. The van der Waals surface area contributed by atoms with Crippen molar-refractivity contribution in [1.82, 2.24) is 19.7 Å². The summed E-state index contributed by atoms with van der Waals surface area (Å²) in [6.07, 6.45) is 5.58. The molecule has 3 heterocycles. The van der Waals surface area contributed by atoms with Crippen LogP contribution >= 0.6 is 0 Å². The van der Waals surface area contributed by atoms with E-state index in [4.69, 9.17) is 4.52 Å². The van der Waals surface area contributed by atoms with Crippen molar-refractivity contribution in [3.63, 3.8) is 0 Å². The minimum Gasteiger partial charge on any atom is -0.339 e. The van der Waals surface area contributed by atoms with E-state index in [1.165, 1.54) is 5.69 Å². The summed E-state index contributed by atoms with van der Waals surface area (Å²) >= 11 is 0. The average Bonchev–Trinajstić information content (AvgIpc) is 3.25. The van der Waals surface area contributed by atoms with Crippen LogP contribution in [0, 0.1) is 6.92 Å². The molecule has 25 heavy (non-hydrogen) atoms. The number of anilines is 1. The summed E-state index contributed by atoms with van der Waals surface area (Å²) < 4.78 is 7.53. The molecular formula is C18H19N5O2. The van der Waals surface area contributed by atoms with Crippen LogP contribution in [-0.2, 0) is 24.2 Å². The van der Waals surface area contributed by atoms with E-state index in [1.807, 2.05) is 43.7 Å². The maximum Gasteiger partial charge on any atom is 0.232 e. The van der Waals surface area contributed by atoms with Gasteiger partial charge in [-0.3, -0.25) is 4.79 Å². The van der Waals surface area contributed by atoms with Gasteiger partial charge in [0.05, 0.1) is 12.7 Å². The van der Waals surface area contributed by atoms with Crippen molar-refractivity contribution in [1.29, 1.82) is 0 Å². The lowest BCUT2D eigenvalue weighted by Gasteiger charge is -2.20. The Labute approximate surface area is 145 Å². The molecule has 0 saturated heterocycles. The molecule has 3 aromatic rings. The minimum atomic E-state index is -0.155. The quantitative estimate of drug-likeness (QED) is 0.790. The molecule has 2 aromatic heterocycles. The van der Waals surface area contributed by atoms with Crippen LogP contribution < -0.4 is 5.32 Å². The molecule has 1 aliphatic heterocycles. The standard InChI is InChI=1S/C18H19N5O2/c1-12-2-4-14(5-3-12)20-17(24)9-16-21-18(25-22-16)13-6-7-23-11-19-10-15(23)8-13/h2-5,10-11,13H,6-9H2,1H3,(H,20,24)/t13-/m1/s1. The van der Waals surface area contributed by atoms with Crippen LogP contribution in [0.2, 0.25) is 0 Å². The van der Waals surface area contributed by atoms with Crippen molar-refractivity contribution in [3.8, 4) is 0 Å². The zero-order valence-corrected chi connectivity index (χ0v) is 14.0. The summed E-state index contributed by atoms with van der Waals surface area (Å²) in [7, 11) is 0. The van der Waals surface area contributed by atoms with Crippen molar-refractivity contribution in [2.75, 3.05) is 5.32 Å². The number of rotatable bonds is 4. The van der Waals surface area contributed by atoms with E-state index in [1.54, 1.807) is 0 Å². The Morgan fingerprint density at radius 2 is 2.20 bits per heavy atom. The third-order valence-corrected chi connectivity index (χ3v) is 4.46. The molecular weight excluding hydrogens is 318 g/mol. The van der Waals surface area contributed by atoms with Crippen molar-refractivity contribution in [3.05, 3.63) is 59.8 Å². The van der Waals surface area contributed by atoms with Gasteiger partial charge in [0, 0.05) is 36.5 Å². The van der Waals surface area contributed by atoms with Crippen LogP contribution in [0.15, 0.2) is 41.3 Å². The number of aryl methyl sites for hydroxylation is 2. The first-order valence-electron chi connectivity index (χ1n) is 8.35. The molecule has 1 atom stereocenters. The Hall–Kier alpha value is -2.96. The summed E-state index contributed by atoms with van der Waals surface area (Å²) in [5.74, 6) is 1.05. The van der Waals surface area contributed by atoms with E-state index < -0.39 is 0 Å². The van der Waals surface area contributed by atoms with Crippen molar-refractivity contribution in [2.45, 2.75) is 38.6 Å². The van der Waals surface area contributed by atoms with Crippen LogP contribution in [0.5, 0.6) is 0 Å². The highest BCUT2D eigenvalue weighted by atomic mass is 16.5. The molecule has 0 unspecified atom stereocenters. The third kappa shape index (κ3) is 3.45. The number of carbonyl (C=O) groups is 1. The second-order valence-electron chi connectivity index (χ2n) is 6.41. The van der Waals surface area contributed by atoms with E-state index in [0.717, 1.165) is 30.6 Å². The predicted octanol–water partition coefficient (Wildman–Crippen LogP) is 2.49. The Balaban J connectivity index is 1.38. The molecule has 0 spiro atoms. The van der Waals surface area contributed by atoms with Crippen molar-refractivity contribution < 1.29 is 9.32 Å². The molecule has 0 bridgehead atoms. The highest BCUT2D eigenvalue weighted by molar-refractivity contribution is 5.91. The van der Waals surface area contributed by atoms with Crippen LogP contribution in [0.3, 0.4) is 0 Å². The van der Waals surface area contributed by atoms with Gasteiger partial charge in [0.1, 0.15) is 0 Å². The highest BCUT2D eigenvalue weighted by Crippen LogP contribution is 2.28. The molecule has 0 fully saturated rings. The molecule has 0 radical (unpaired) electrons. The topological polar surface area (TPSA) is 85.8 Å². The van der Waals surface area contributed by atoms with E-state index in [2.05, 4.69) is 25.0 Å². The number of amides is 1. The molecule has 1 aromatic carbocycles. The van der Waals surface area contributed by atoms with E-state index >= 15 is 0 Å². The molecule has 128 valence electrons. The lowest BCUT2D eigenvalue weighted by atomic mass is 9.96. The second kappa shape index (κ2) is 6.51. The van der Waals surface area contributed by atoms with Gasteiger partial charge in [-0.1, -0.05) is 22.9 Å². The SMILES string of the molecule is Cc1ccc(NC(=O)Cc2noc([C@@H]3CCn4cncc4C3)n2)cc1. The normalized spacial score (nSPS) is 16.4. The van der Waals surface area contributed by atoms with E-state index in [-0.39, 0.29) is 18.2 Å². The minimum absolute atomic E-state index is 0.0992. The number of fused-ring (bicyclic) bond motifs is 1. The average molecular weight is 337 g/mol. The van der Waals surface area contributed by atoms with Gasteiger partial charge in [0.15, 0.2) is 5.82 Å². The number of hydrogen-bond acceptors (Lipinski definition) is 5. The maximum absolute atomic E-state index is 12.1. The third-order valence-electron chi connectivity index (χ3n) is 4.46. The molecule has 1 aliphatic rings. The molecule has 7 heteroatoms. The van der Waals surface area contributed by atoms with E-state index in [9.17, 15) is 4.79 Å². The van der Waals surface area contributed by atoms with Gasteiger partial charge in [0.25, 0.3) is 0 Å². The number of imidazole rings is 1. The summed E-state index contributed by atoms with van der Waals surface area (Å²) in [5, 5.41) is 6.81. The first-order valence-corrected chi connectivity index (χ1v) is 8.35. The predicted molar refractivity (Wildman–Crippen MR) is 91.1 cm³/mol. The molecule has 4 rings (SSSR count). The van der Waals surface area contributed by atoms with Gasteiger partial charge in [-0.2, -0.15) is 4.98 Å². The fourth-order valence-electron chi connectivity index (χ4n) is 3.07. The summed E-state index contributed by atoms with van der Waals surface area (Å²) in [4.78, 5) is 20.7. The van der Waals surface area contributed by atoms with Gasteiger partial charge >= 0.3 is 0 Å². The molecule has 1 amide bonds. The summed E-state index contributed by atoms with van der Waals surface area (Å²) in [6.45, 7) is 2.90. The van der Waals surface area contributed by atoms with Gasteiger partial charge < -0.3 is 14.4 Å².